The van der Waals surface area contributed by atoms with Crippen LogP contribution >= 0.6 is 0 Å². The van der Waals surface area contributed by atoms with Crippen molar-refractivity contribution < 1.29 is 0 Å². The van der Waals surface area contributed by atoms with Gasteiger partial charge in [0.25, 0.3) is 0 Å². The molecule has 1 aliphatic heterocycles. The molecule has 0 saturated carbocycles. The average Bonchev–Trinajstić information content (AvgIpc) is 3.76. The molecule has 0 atom stereocenters. The topological polar surface area (TPSA) is 34.6 Å². The number of rotatable bonds is 7. The highest BCUT2D eigenvalue weighted by molar-refractivity contribution is 6.15. The molecule has 3 heterocycles. The van der Waals surface area contributed by atoms with E-state index in [-0.39, 0.29) is 0 Å². The Kier molecular flexibility index (Phi) is 8.86. The lowest BCUT2D eigenvalue weighted by Crippen LogP contribution is -2.04. The van der Waals surface area contributed by atoms with Crippen LogP contribution < -0.4 is 0 Å². The highest BCUT2D eigenvalue weighted by atomic mass is 15.0. The molecule has 0 unspecified atom stereocenters. The minimum absolute atomic E-state index is 0.690. The predicted octanol–water partition coefficient (Wildman–Crippen LogP) is 14.9. The van der Waals surface area contributed by atoms with Gasteiger partial charge in [-0.15, -0.1) is 0 Å². The summed E-state index contributed by atoms with van der Waals surface area (Å²) in [7, 11) is 0. The maximum atomic E-state index is 5.16. The van der Waals surface area contributed by atoms with Crippen LogP contribution in [0.4, 0.5) is 0 Å². The molecule has 12 rings (SSSR count). The maximum absolute atomic E-state index is 5.16. The Labute approximate surface area is 365 Å². The summed E-state index contributed by atoms with van der Waals surface area (Å²) in [6.07, 6.45) is 2.89. The van der Waals surface area contributed by atoms with Gasteiger partial charge in [0.05, 0.1) is 33.5 Å². The van der Waals surface area contributed by atoms with Crippen LogP contribution in [0.2, 0.25) is 0 Å². The Hall–Kier alpha value is -8.34. The lowest BCUT2D eigenvalue weighted by Gasteiger charge is -2.10. The number of amidine groups is 1. The molecule has 11 aromatic rings. The van der Waals surface area contributed by atoms with Crippen LogP contribution in [0.15, 0.2) is 241 Å². The van der Waals surface area contributed by atoms with Gasteiger partial charge < -0.3 is 9.13 Å². The third-order valence-corrected chi connectivity index (χ3v) is 12.4. The lowest BCUT2D eigenvalue weighted by atomic mass is 9.98. The summed E-state index contributed by atoms with van der Waals surface area (Å²) in [5, 5.41) is 4.97. The Morgan fingerprint density at radius 1 is 0.302 bits per heavy atom. The number of fused-ring (bicyclic) bond motifs is 6. The van der Waals surface area contributed by atoms with Crippen molar-refractivity contribution in [2.75, 3.05) is 0 Å². The first-order chi connectivity index (χ1) is 31.2. The molecule has 0 radical (unpaired) electrons. The average molecular weight is 805 g/mol. The number of benzene rings is 9. The number of hydrogen-bond donors (Lipinski definition) is 0. The van der Waals surface area contributed by atoms with E-state index in [0.29, 0.717) is 6.42 Å². The van der Waals surface area contributed by atoms with E-state index < -0.39 is 0 Å². The van der Waals surface area contributed by atoms with Crippen molar-refractivity contribution in [3.05, 3.63) is 247 Å². The number of para-hydroxylation sites is 3. The fourth-order valence-corrected chi connectivity index (χ4v) is 9.34. The van der Waals surface area contributed by atoms with Crippen LogP contribution in [-0.2, 0) is 0 Å². The Morgan fingerprint density at radius 3 is 1.29 bits per heavy atom. The zero-order chi connectivity index (χ0) is 41.7. The molecule has 0 spiro atoms. The van der Waals surface area contributed by atoms with Crippen molar-refractivity contribution in [1.82, 2.24) is 9.13 Å². The second-order valence-electron chi connectivity index (χ2n) is 16.1. The first-order valence-corrected chi connectivity index (χ1v) is 21.5. The molecular formula is C59H40N4. The molecule has 63 heavy (non-hydrogen) atoms. The number of aliphatic imine (C=N–C) groups is 2. The van der Waals surface area contributed by atoms with Crippen LogP contribution in [0, 0.1) is 0 Å². The van der Waals surface area contributed by atoms with Gasteiger partial charge in [0, 0.05) is 50.5 Å². The zero-order valence-electron chi connectivity index (χ0n) is 34.4. The molecule has 0 aliphatic carbocycles. The normalized spacial score (nSPS) is 13.0. The van der Waals surface area contributed by atoms with Gasteiger partial charge in [0.2, 0.25) is 0 Å². The third-order valence-electron chi connectivity index (χ3n) is 12.4. The molecule has 0 fully saturated rings. The van der Waals surface area contributed by atoms with Crippen LogP contribution in [0.25, 0.3) is 82.9 Å². The molecule has 4 heteroatoms. The van der Waals surface area contributed by atoms with E-state index in [1.54, 1.807) is 0 Å². The molecule has 4 nitrogen and oxygen atoms in total. The van der Waals surface area contributed by atoms with E-state index in [9.17, 15) is 0 Å². The summed E-state index contributed by atoms with van der Waals surface area (Å²) >= 11 is 0. The fraction of sp³-hybridized carbons (Fsp3) is 0.0169. The van der Waals surface area contributed by atoms with Gasteiger partial charge in [-0.05, 0) is 88.5 Å². The number of nitrogens with zero attached hydrogens (tertiary/aromatic N) is 4. The molecule has 0 N–H and O–H groups in total. The minimum Gasteiger partial charge on any atom is -0.309 e. The quantitative estimate of drug-likeness (QED) is 0.154. The summed E-state index contributed by atoms with van der Waals surface area (Å²) in [6, 6.07) is 80.3. The van der Waals surface area contributed by atoms with Crippen molar-refractivity contribution in [2.24, 2.45) is 9.98 Å². The van der Waals surface area contributed by atoms with Gasteiger partial charge in [-0.1, -0.05) is 170 Å². The van der Waals surface area contributed by atoms with Crippen molar-refractivity contribution >= 4 is 60.9 Å². The van der Waals surface area contributed by atoms with Gasteiger partial charge in [0.15, 0.2) is 5.84 Å². The third kappa shape index (κ3) is 6.48. The van der Waals surface area contributed by atoms with Gasteiger partial charge >= 0.3 is 0 Å². The van der Waals surface area contributed by atoms with Gasteiger partial charge in [-0.25, -0.2) is 9.98 Å². The highest BCUT2D eigenvalue weighted by Gasteiger charge is 2.17. The summed E-state index contributed by atoms with van der Waals surface area (Å²) in [5.41, 5.74) is 16.9. The van der Waals surface area contributed by atoms with E-state index in [4.69, 9.17) is 9.98 Å². The fourth-order valence-electron chi connectivity index (χ4n) is 9.34. The molecule has 296 valence electrons. The van der Waals surface area contributed by atoms with Crippen molar-refractivity contribution in [3.8, 4) is 33.6 Å². The van der Waals surface area contributed by atoms with E-state index in [0.717, 1.165) is 39.6 Å². The van der Waals surface area contributed by atoms with Crippen molar-refractivity contribution in [1.29, 1.82) is 0 Å². The minimum atomic E-state index is 0.690. The number of hydrogen-bond acceptors (Lipinski definition) is 2. The Balaban J connectivity index is 0.869. The molecular weight excluding hydrogens is 765 g/mol. The highest BCUT2D eigenvalue weighted by Crippen LogP contribution is 2.38. The van der Waals surface area contributed by atoms with E-state index >= 15 is 0 Å². The smallest absolute Gasteiger partial charge is 0.160 e. The first kappa shape index (κ1) is 36.5. The van der Waals surface area contributed by atoms with Gasteiger partial charge in [0.1, 0.15) is 0 Å². The van der Waals surface area contributed by atoms with Crippen LogP contribution in [0.1, 0.15) is 23.1 Å². The summed E-state index contributed by atoms with van der Waals surface area (Å²) in [5.74, 6) is 0.722. The van der Waals surface area contributed by atoms with E-state index in [1.165, 1.54) is 71.6 Å². The summed E-state index contributed by atoms with van der Waals surface area (Å²) in [6.45, 7) is 0. The Morgan fingerprint density at radius 2 is 0.730 bits per heavy atom. The molecule has 0 bridgehead atoms. The monoisotopic (exact) mass is 804 g/mol. The summed E-state index contributed by atoms with van der Waals surface area (Å²) in [4.78, 5) is 10.3. The molecule has 9 aromatic carbocycles. The number of aromatic nitrogens is 2. The van der Waals surface area contributed by atoms with Crippen LogP contribution in [0.5, 0.6) is 0 Å². The SMILES string of the molecule is C1=C(c2ccc(-n3c4ccccc4c4cc(-c5ccc(-c6ccc7c(c6)c6ccccc6n7-c6ccccc6)cc5)ccc43)cc2)N=C(c2ccccc2)N=C(c2ccccc2)C1. The molecule has 0 amide bonds. The van der Waals surface area contributed by atoms with E-state index in [2.05, 4.69) is 215 Å². The van der Waals surface area contributed by atoms with Crippen LogP contribution in [-0.4, -0.2) is 20.7 Å². The van der Waals surface area contributed by atoms with Gasteiger partial charge in [-0.3, -0.25) is 0 Å². The van der Waals surface area contributed by atoms with Gasteiger partial charge in [-0.2, -0.15) is 0 Å². The largest absolute Gasteiger partial charge is 0.309 e. The zero-order valence-corrected chi connectivity index (χ0v) is 34.4. The Bertz CT molecular complexity index is 3590. The number of allylic oxidation sites excluding steroid dienone is 1. The maximum Gasteiger partial charge on any atom is 0.160 e. The first-order valence-electron chi connectivity index (χ1n) is 21.5. The van der Waals surface area contributed by atoms with Crippen molar-refractivity contribution in [2.45, 2.75) is 6.42 Å². The predicted molar refractivity (Wildman–Crippen MR) is 265 cm³/mol. The van der Waals surface area contributed by atoms with E-state index in [1.807, 2.05) is 24.3 Å². The molecule has 0 saturated heterocycles. The lowest BCUT2D eigenvalue weighted by molar-refractivity contribution is 1.18. The molecule has 2 aromatic heterocycles. The van der Waals surface area contributed by atoms with Crippen LogP contribution in [0.3, 0.4) is 0 Å². The second-order valence-corrected chi connectivity index (χ2v) is 16.1. The second kappa shape index (κ2) is 15.3. The standard InChI is InChI=1S/C59H40N4/c1-4-14-42(15-5-1)53-34-35-54(61-59(60-53)44-16-6-2-7-17-44)43-28-32-48(33-29-43)63-56-23-13-11-21-50(56)52-39-46(31-37-58(52)63)41-26-24-40(25-27-41)45-30-36-57-51(38-45)49-20-10-12-22-55(49)62(57)47-18-8-3-9-19-47/h1-33,35-39H,34H2. The summed E-state index contributed by atoms with van der Waals surface area (Å²) < 4.78 is 4.74. The van der Waals surface area contributed by atoms with Crippen molar-refractivity contribution in [3.63, 3.8) is 0 Å². The molecule has 1 aliphatic rings.